The van der Waals surface area contributed by atoms with Crippen molar-refractivity contribution in [1.82, 2.24) is 0 Å². The van der Waals surface area contributed by atoms with Gasteiger partial charge in [0.15, 0.2) is 11.2 Å². The molecule has 6 rings (SSSR count). The van der Waals surface area contributed by atoms with Crippen molar-refractivity contribution in [3.63, 3.8) is 0 Å². The fourth-order valence-corrected chi connectivity index (χ4v) is 7.05. The van der Waals surface area contributed by atoms with Crippen LogP contribution >= 0.6 is 11.6 Å². The van der Waals surface area contributed by atoms with Crippen LogP contribution in [0.5, 0.6) is 0 Å². The number of ketones is 1. The van der Waals surface area contributed by atoms with Gasteiger partial charge in [0.1, 0.15) is 17.6 Å². The molecule has 0 saturated carbocycles. The van der Waals surface area contributed by atoms with Gasteiger partial charge in [0, 0.05) is 53.6 Å². The van der Waals surface area contributed by atoms with Gasteiger partial charge in [0.05, 0.1) is 14.2 Å². The fourth-order valence-electron chi connectivity index (χ4n) is 6.93. The van der Waals surface area contributed by atoms with Crippen LogP contribution in [0.3, 0.4) is 0 Å². The average molecular weight is 689 g/mol. The molecule has 0 amide bonds. The summed E-state index contributed by atoms with van der Waals surface area (Å²) in [6.45, 7) is 0. The van der Waals surface area contributed by atoms with E-state index in [0.29, 0.717) is 34.1 Å². The number of fused-ring (bicyclic) bond motifs is 1. The Kier molecular flexibility index (Phi) is 10.5. The van der Waals surface area contributed by atoms with E-state index in [2.05, 4.69) is 0 Å². The molecule has 0 N–H and O–H groups in total. The van der Waals surface area contributed by atoms with Crippen LogP contribution in [-0.2, 0) is 30.2 Å². The van der Waals surface area contributed by atoms with Crippen LogP contribution in [0.15, 0.2) is 120 Å². The van der Waals surface area contributed by atoms with E-state index < -0.39 is 23.5 Å². The Morgan fingerprint density at radius 2 is 1.30 bits per heavy atom. The number of allylic oxidation sites excluding steroid dienone is 2. The number of ether oxygens (including phenoxy) is 3. The molecular weight excluding hydrogens is 652 g/mol. The number of Topliss-reactive ketones (excluding diaryl/α,β-unsaturated/α-hetero) is 1. The summed E-state index contributed by atoms with van der Waals surface area (Å²) in [6, 6.07) is 36.0. The number of halogens is 1. The lowest BCUT2D eigenvalue weighted by molar-refractivity contribution is -0.169. The van der Waals surface area contributed by atoms with Gasteiger partial charge >= 0.3 is 11.9 Å². The summed E-state index contributed by atoms with van der Waals surface area (Å²) in [5, 5.41) is 0.540. The quantitative estimate of drug-likeness (QED) is 0.0776. The van der Waals surface area contributed by atoms with Crippen molar-refractivity contribution in [3.8, 4) is 11.3 Å². The second-order valence-electron chi connectivity index (χ2n) is 12.2. The van der Waals surface area contributed by atoms with Crippen molar-refractivity contribution in [3.05, 3.63) is 154 Å². The fraction of sp³-hybridized carbons (Fsp3) is 0.214. The first-order valence-corrected chi connectivity index (χ1v) is 16.7. The van der Waals surface area contributed by atoms with Crippen LogP contribution in [0.25, 0.3) is 22.5 Å². The summed E-state index contributed by atoms with van der Waals surface area (Å²) in [4.78, 5) is 41.2. The van der Waals surface area contributed by atoms with Crippen molar-refractivity contribution in [2.75, 3.05) is 21.3 Å². The first-order chi connectivity index (χ1) is 24.3. The van der Waals surface area contributed by atoms with Gasteiger partial charge in [0.2, 0.25) is 0 Å². The minimum Gasteiger partial charge on any atom is -0.468 e. The third-order valence-corrected chi connectivity index (χ3v) is 9.56. The molecule has 5 aromatic rings. The Labute approximate surface area is 296 Å². The third kappa shape index (κ3) is 6.67. The smallest absolute Gasteiger partial charge is 0.324 e. The molecule has 1 aromatic heterocycles. The molecule has 4 aromatic carbocycles. The second kappa shape index (κ2) is 15.1. The topological polar surface area (TPSA) is 92.0 Å². The molecule has 0 bridgehead atoms. The molecule has 7 nitrogen and oxygen atoms in total. The maximum atomic E-state index is 13.8. The zero-order valence-electron chi connectivity index (χ0n) is 28.1. The zero-order valence-corrected chi connectivity index (χ0v) is 28.9. The lowest BCUT2D eigenvalue weighted by atomic mass is 9.68. The number of carbonyl (C=O) groups excluding carboxylic acids is 3. The normalized spacial score (nSPS) is 15.0. The van der Waals surface area contributed by atoms with E-state index >= 15 is 0 Å². The van der Waals surface area contributed by atoms with Crippen molar-refractivity contribution in [2.24, 2.45) is 5.41 Å². The number of benzene rings is 4. The number of esters is 2. The highest BCUT2D eigenvalue weighted by molar-refractivity contribution is 6.30. The number of furan rings is 1. The Balaban J connectivity index is 1.67. The lowest BCUT2D eigenvalue weighted by Gasteiger charge is -2.34. The summed E-state index contributed by atoms with van der Waals surface area (Å²) in [7, 11) is 4.16. The van der Waals surface area contributed by atoms with Crippen LogP contribution in [-0.4, -0.2) is 39.1 Å². The predicted molar refractivity (Wildman–Crippen MR) is 192 cm³/mol. The number of carbonyl (C=O) groups is 3. The van der Waals surface area contributed by atoms with Gasteiger partial charge in [-0.25, -0.2) is 0 Å². The van der Waals surface area contributed by atoms with Gasteiger partial charge in [-0.05, 0) is 53.0 Å². The maximum absolute atomic E-state index is 13.8. The van der Waals surface area contributed by atoms with E-state index in [-0.39, 0.29) is 25.0 Å². The van der Waals surface area contributed by atoms with E-state index in [0.717, 1.165) is 33.4 Å². The summed E-state index contributed by atoms with van der Waals surface area (Å²) < 4.78 is 23.6. The molecule has 1 atom stereocenters. The summed E-state index contributed by atoms with van der Waals surface area (Å²) in [5.74, 6) is -0.564. The largest absolute Gasteiger partial charge is 0.468 e. The Morgan fingerprint density at radius 1 is 0.720 bits per heavy atom. The van der Waals surface area contributed by atoms with Gasteiger partial charge in [-0.1, -0.05) is 103 Å². The highest BCUT2D eigenvalue weighted by Crippen LogP contribution is 2.53. The molecule has 0 saturated heterocycles. The first kappa shape index (κ1) is 34.6. The van der Waals surface area contributed by atoms with Crippen LogP contribution in [0, 0.1) is 5.41 Å². The van der Waals surface area contributed by atoms with Crippen molar-refractivity contribution >= 4 is 40.5 Å². The Bertz CT molecular complexity index is 2000. The van der Waals surface area contributed by atoms with Crippen LogP contribution < -0.4 is 0 Å². The van der Waals surface area contributed by atoms with Gasteiger partial charge < -0.3 is 18.6 Å². The lowest BCUT2D eigenvalue weighted by Crippen LogP contribution is -2.45. The standard InChI is InChI=1S/C42H37ClO7/c1-47-38(29-15-9-5-10-16-29)37-36-33(32(27-13-7-4-8-14-27)23-24-34(44)28-19-21-31(43)22-20-28)25-42(40(45)48-2,41(46)49-3)26-35(36)50-39(37)30-17-11-6-12-18-30/h4-22,38H,23-26H2,1-3H3/b33-32+. The Morgan fingerprint density at radius 3 is 1.88 bits per heavy atom. The van der Waals surface area contributed by atoms with Gasteiger partial charge in [0.25, 0.3) is 0 Å². The third-order valence-electron chi connectivity index (χ3n) is 9.30. The van der Waals surface area contributed by atoms with Gasteiger partial charge in [-0.15, -0.1) is 0 Å². The van der Waals surface area contributed by atoms with Crippen LogP contribution in [0.2, 0.25) is 5.02 Å². The molecule has 1 unspecified atom stereocenters. The van der Waals surface area contributed by atoms with Crippen molar-refractivity contribution < 1.29 is 33.0 Å². The predicted octanol–water partition coefficient (Wildman–Crippen LogP) is 9.19. The summed E-state index contributed by atoms with van der Waals surface area (Å²) >= 11 is 6.10. The Hall–Kier alpha value is -5.24. The van der Waals surface area contributed by atoms with Crippen molar-refractivity contribution in [1.29, 1.82) is 0 Å². The van der Waals surface area contributed by atoms with E-state index in [9.17, 15) is 14.4 Å². The van der Waals surface area contributed by atoms with Gasteiger partial charge in [-0.3, -0.25) is 14.4 Å². The summed E-state index contributed by atoms with van der Waals surface area (Å²) in [6.07, 6.45) is -0.274. The molecule has 1 aliphatic carbocycles. The van der Waals surface area contributed by atoms with E-state index in [4.69, 9.17) is 30.2 Å². The van der Waals surface area contributed by atoms with E-state index in [1.807, 2.05) is 91.0 Å². The molecule has 254 valence electrons. The number of rotatable bonds is 11. The molecule has 8 heteroatoms. The van der Waals surface area contributed by atoms with Gasteiger partial charge in [-0.2, -0.15) is 0 Å². The highest BCUT2D eigenvalue weighted by atomic mass is 35.5. The summed E-state index contributed by atoms with van der Waals surface area (Å²) in [5.41, 5.74) is 4.29. The SMILES string of the molecule is COC(=O)C1(C(=O)OC)C/C(=C(/CCC(=O)c2ccc(Cl)cc2)c2ccccc2)c2c(oc(-c3ccccc3)c2C(OC)c2ccccc2)C1. The minimum absolute atomic E-state index is 0.0509. The molecule has 50 heavy (non-hydrogen) atoms. The van der Waals surface area contributed by atoms with Crippen molar-refractivity contribution in [2.45, 2.75) is 31.8 Å². The molecule has 1 heterocycles. The average Bonchev–Trinajstić information content (AvgIpc) is 3.54. The highest BCUT2D eigenvalue weighted by Gasteiger charge is 2.54. The second-order valence-corrected chi connectivity index (χ2v) is 12.6. The number of hydrogen-bond acceptors (Lipinski definition) is 7. The molecule has 1 aliphatic rings. The number of hydrogen-bond donors (Lipinski definition) is 0. The minimum atomic E-state index is -1.75. The zero-order chi connectivity index (χ0) is 35.3. The number of methoxy groups -OCH3 is 3. The molecule has 0 spiro atoms. The molecular formula is C42H37ClO7. The van der Waals surface area contributed by atoms with Crippen LogP contribution in [0.1, 0.15) is 63.7 Å². The first-order valence-electron chi connectivity index (χ1n) is 16.3. The molecule has 0 aliphatic heterocycles. The maximum Gasteiger partial charge on any atom is 0.324 e. The van der Waals surface area contributed by atoms with Crippen LogP contribution in [0.4, 0.5) is 0 Å². The monoisotopic (exact) mass is 688 g/mol. The van der Waals surface area contributed by atoms with E-state index in [1.165, 1.54) is 14.2 Å². The van der Waals surface area contributed by atoms with E-state index in [1.54, 1.807) is 31.4 Å². The molecule has 0 fully saturated rings. The molecule has 0 radical (unpaired) electrons.